The lowest BCUT2D eigenvalue weighted by atomic mass is 10.3. The SMILES string of the molecule is C[NH+](C)CCCNC(=S)Nc1c(Cl)cccc1Cl. The summed E-state index contributed by atoms with van der Waals surface area (Å²) in [6.07, 6.45) is 1.06. The second kappa shape index (κ2) is 7.79. The molecule has 0 spiro atoms. The summed E-state index contributed by atoms with van der Waals surface area (Å²) in [6, 6.07) is 5.34. The van der Waals surface area contributed by atoms with Crippen LogP contribution in [0.4, 0.5) is 5.69 Å². The van der Waals surface area contributed by atoms with Gasteiger partial charge in [0.2, 0.25) is 0 Å². The Morgan fingerprint density at radius 2 is 1.89 bits per heavy atom. The maximum absolute atomic E-state index is 6.04. The number of quaternary nitrogens is 1. The summed E-state index contributed by atoms with van der Waals surface area (Å²) in [5, 5.41) is 7.81. The molecule has 0 aliphatic heterocycles. The van der Waals surface area contributed by atoms with E-state index in [0.29, 0.717) is 20.8 Å². The van der Waals surface area contributed by atoms with Crippen LogP contribution in [0.2, 0.25) is 10.0 Å². The molecule has 0 amide bonds. The quantitative estimate of drug-likeness (QED) is 0.572. The number of rotatable bonds is 5. The van der Waals surface area contributed by atoms with E-state index in [4.69, 9.17) is 35.4 Å². The monoisotopic (exact) mass is 306 g/mol. The Labute approximate surface area is 123 Å². The van der Waals surface area contributed by atoms with Gasteiger partial charge >= 0.3 is 0 Å². The van der Waals surface area contributed by atoms with Crippen LogP contribution in [0.25, 0.3) is 0 Å². The van der Waals surface area contributed by atoms with Gasteiger partial charge in [0.15, 0.2) is 5.11 Å². The summed E-state index contributed by atoms with van der Waals surface area (Å²) >= 11 is 17.3. The molecule has 0 fully saturated rings. The van der Waals surface area contributed by atoms with Crippen LogP contribution in [-0.2, 0) is 0 Å². The van der Waals surface area contributed by atoms with Gasteiger partial charge in [-0.25, -0.2) is 0 Å². The molecule has 1 rings (SSSR count). The van der Waals surface area contributed by atoms with E-state index < -0.39 is 0 Å². The molecule has 18 heavy (non-hydrogen) atoms. The maximum atomic E-state index is 6.04. The number of nitrogens with one attached hydrogen (secondary N) is 3. The van der Waals surface area contributed by atoms with Gasteiger partial charge in [-0.2, -0.15) is 0 Å². The Kier molecular flexibility index (Phi) is 6.71. The minimum Gasteiger partial charge on any atom is -0.362 e. The topological polar surface area (TPSA) is 28.5 Å². The zero-order chi connectivity index (χ0) is 13.5. The Bertz CT molecular complexity index is 390. The Morgan fingerprint density at radius 1 is 1.28 bits per heavy atom. The highest BCUT2D eigenvalue weighted by atomic mass is 35.5. The molecule has 1 aromatic carbocycles. The van der Waals surface area contributed by atoms with Gasteiger partial charge in [-0.05, 0) is 24.4 Å². The van der Waals surface area contributed by atoms with Crippen molar-refractivity contribution in [2.45, 2.75) is 6.42 Å². The summed E-state index contributed by atoms with van der Waals surface area (Å²) in [4.78, 5) is 1.42. The van der Waals surface area contributed by atoms with Gasteiger partial charge in [-0.15, -0.1) is 0 Å². The van der Waals surface area contributed by atoms with Crippen LogP contribution in [0.3, 0.4) is 0 Å². The van der Waals surface area contributed by atoms with Crippen molar-refractivity contribution in [2.24, 2.45) is 0 Å². The molecule has 0 aliphatic rings. The first-order chi connectivity index (χ1) is 8.50. The summed E-state index contributed by atoms with van der Waals surface area (Å²) in [7, 11) is 4.25. The highest BCUT2D eigenvalue weighted by Crippen LogP contribution is 2.29. The number of hydrogen-bond donors (Lipinski definition) is 3. The van der Waals surface area contributed by atoms with E-state index in [1.54, 1.807) is 18.2 Å². The predicted octanol–water partition coefficient (Wildman–Crippen LogP) is 1.81. The standard InChI is InChI=1S/C12H17Cl2N3S/c1-17(2)8-4-7-15-12(18)16-11-9(13)5-3-6-10(11)14/h3,5-6H,4,7-8H2,1-2H3,(H2,15,16,18)/p+1. The molecular weight excluding hydrogens is 289 g/mol. The minimum atomic E-state index is 0.541. The average Bonchev–Trinajstić information content (AvgIpc) is 2.29. The van der Waals surface area contributed by atoms with E-state index in [9.17, 15) is 0 Å². The Morgan fingerprint density at radius 3 is 2.44 bits per heavy atom. The minimum absolute atomic E-state index is 0.541. The smallest absolute Gasteiger partial charge is 0.170 e. The first-order valence-electron chi connectivity index (χ1n) is 5.78. The molecule has 1 aromatic rings. The molecule has 0 aromatic heterocycles. The zero-order valence-corrected chi connectivity index (χ0v) is 12.8. The molecule has 0 saturated carbocycles. The molecule has 0 aliphatic carbocycles. The van der Waals surface area contributed by atoms with Gasteiger partial charge in [0.1, 0.15) is 0 Å². The average molecular weight is 307 g/mol. The summed E-state index contributed by atoms with van der Waals surface area (Å²) in [6.45, 7) is 1.93. The van der Waals surface area contributed by atoms with Crippen molar-refractivity contribution >= 4 is 46.2 Å². The van der Waals surface area contributed by atoms with Crippen LogP contribution in [0.15, 0.2) is 18.2 Å². The van der Waals surface area contributed by atoms with E-state index >= 15 is 0 Å². The number of benzene rings is 1. The van der Waals surface area contributed by atoms with E-state index in [2.05, 4.69) is 24.7 Å². The van der Waals surface area contributed by atoms with Crippen LogP contribution >= 0.6 is 35.4 Å². The van der Waals surface area contributed by atoms with Crippen molar-refractivity contribution < 1.29 is 4.90 Å². The third kappa shape index (κ3) is 5.40. The first-order valence-corrected chi connectivity index (χ1v) is 6.95. The largest absolute Gasteiger partial charge is 0.362 e. The van der Waals surface area contributed by atoms with Crippen molar-refractivity contribution in [3.8, 4) is 0 Å². The predicted molar refractivity (Wildman–Crippen MR) is 83.0 cm³/mol. The summed E-state index contributed by atoms with van der Waals surface area (Å²) < 4.78 is 0. The van der Waals surface area contributed by atoms with Gasteiger partial charge in [0.25, 0.3) is 0 Å². The highest BCUT2D eigenvalue weighted by Gasteiger charge is 2.06. The lowest BCUT2D eigenvalue weighted by Gasteiger charge is -2.13. The van der Waals surface area contributed by atoms with Gasteiger partial charge in [-0.1, -0.05) is 29.3 Å². The summed E-state index contributed by atoms with van der Waals surface area (Å²) in [5.74, 6) is 0. The number of anilines is 1. The maximum Gasteiger partial charge on any atom is 0.170 e. The second-order valence-corrected chi connectivity index (χ2v) is 5.51. The third-order valence-corrected chi connectivity index (χ3v) is 3.22. The fraction of sp³-hybridized carbons (Fsp3) is 0.417. The normalized spacial score (nSPS) is 10.5. The van der Waals surface area contributed by atoms with Crippen LogP contribution in [0.5, 0.6) is 0 Å². The fourth-order valence-corrected chi connectivity index (χ4v) is 2.11. The van der Waals surface area contributed by atoms with Crippen molar-refractivity contribution in [1.82, 2.24) is 5.32 Å². The highest BCUT2D eigenvalue weighted by molar-refractivity contribution is 7.80. The van der Waals surface area contributed by atoms with Crippen molar-refractivity contribution in [3.63, 3.8) is 0 Å². The van der Waals surface area contributed by atoms with E-state index in [-0.39, 0.29) is 0 Å². The lowest BCUT2D eigenvalue weighted by Crippen LogP contribution is -3.05. The number of para-hydroxylation sites is 1. The zero-order valence-electron chi connectivity index (χ0n) is 10.5. The van der Waals surface area contributed by atoms with E-state index in [0.717, 1.165) is 19.5 Å². The molecule has 6 heteroatoms. The van der Waals surface area contributed by atoms with Crippen LogP contribution in [0.1, 0.15) is 6.42 Å². The van der Waals surface area contributed by atoms with Crippen LogP contribution in [-0.4, -0.2) is 32.3 Å². The molecule has 100 valence electrons. The Hall–Kier alpha value is -0.550. The lowest BCUT2D eigenvalue weighted by molar-refractivity contribution is -0.858. The van der Waals surface area contributed by atoms with E-state index in [1.807, 2.05) is 0 Å². The molecule has 0 bridgehead atoms. The van der Waals surface area contributed by atoms with E-state index in [1.165, 1.54) is 4.90 Å². The van der Waals surface area contributed by atoms with Gasteiger partial charge in [-0.3, -0.25) is 0 Å². The van der Waals surface area contributed by atoms with Gasteiger partial charge in [0.05, 0.1) is 36.4 Å². The molecule has 0 saturated heterocycles. The fourth-order valence-electron chi connectivity index (χ4n) is 1.42. The molecule has 3 N–H and O–H groups in total. The molecule has 0 radical (unpaired) electrons. The van der Waals surface area contributed by atoms with Gasteiger partial charge < -0.3 is 15.5 Å². The number of hydrogen-bond acceptors (Lipinski definition) is 1. The van der Waals surface area contributed by atoms with Crippen molar-refractivity contribution in [2.75, 3.05) is 32.5 Å². The second-order valence-electron chi connectivity index (χ2n) is 4.29. The van der Waals surface area contributed by atoms with Crippen LogP contribution < -0.4 is 15.5 Å². The van der Waals surface area contributed by atoms with Crippen LogP contribution in [0, 0.1) is 0 Å². The van der Waals surface area contributed by atoms with Gasteiger partial charge in [0, 0.05) is 13.0 Å². The molecule has 3 nitrogen and oxygen atoms in total. The van der Waals surface area contributed by atoms with Crippen molar-refractivity contribution in [3.05, 3.63) is 28.2 Å². The summed E-state index contributed by atoms with van der Waals surface area (Å²) in [5.41, 5.74) is 0.650. The Balaban J connectivity index is 2.40. The molecule has 0 unspecified atom stereocenters. The molecular formula is C12H18Cl2N3S+. The molecule has 0 atom stereocenters. The number of halogens is 2. The molecule has 0 heterocycles. The van der Waals surface area contributed by atoms with Crippen molar-refractivity contribution in [1.29, 1.82) is 0 Å². The third-order valence-electron chi connectivity index (χ3n) is 2.34. The number of thiocarbonyl (C=S) groups is 1. The first kappa shape index (κ1) is 15.5.